The van der Waals surface area contributed by atoms with Crippen molar-refractivity contribution in [3.63, 3.8) is 0 Å². The van der Waals surface area contributed by atoms with E-state index in [1.165, 1.54) is 0 Å². The highest BCUT2D eigenvalue weighted by Gasteiger charge is 2.01. The number of hydrogen-bond donors (Lipinski definition) is 1. The molecule has 1 atom stereocenters. The Bertz CT molecular complexity index is 147. The molecule has 0 heterocycles. The maximum atomic E-state index is 10.1. The molecule has 0 saturated heterocycles. The fourth-order valence-electron chi connectivity index (χ4n) is 0.612. The molecule has 0 amide bonds. The van der Waals surface area contributed by atoms with E-state index < -0.39 is 5.97 Å². The van der Waals surface area contributed by atoms with Gasteiger partial charge in [0.2, 0.25) is 0 Å². The summed E-state index contributed by atoms with van der Waals surface area (Å²) in [5.74, 6) is -0.670. The van der Waals surface area contributed by atoms with Crippen molar-refractivity contribution in [2.75, 3.05) is 0 Å². The van der Waals surface area contributed by atoms with Crippen molar-refractivity contribution in [1.29, 1.82) is 0 Å². The van der Waals surface area contributed by atoms with Gasteiger partial charge < -0.3 is 5.11 Å². The van der Waals surface area contributed by atoms with Crippen LogP contribution in [0.3, 0.4) is 0 Å². The van der Waals surface area contributed by atoms with Gasteiger partial charge in [-0.3, -0.25) is 4.79 Å². The standard InChI is InChI=1S/C8H12O2/c1-3-4-5-7(2)6-8(9)10/h3-5,7H,1,6H2,2H3,(H,9,10)/b5-4+. The van der Waals surface area contributed by atoms with Gasteiger partial charge in [0.15, 0.2) is 0 Å². The first-order valence-corrected chi connectivity index (χ1v) is 3.18. The summed E-state index contributed by atoms with van der Waals surface area (Å²) >= 11 is 0. The molecule has 0 aliphatic heterocycles. The molecule has 0 aliphatic rings. The Morgan fingerprint density at radius 1 is 1.80 bits per heavy atom. The predicted molar refractivity (Wildman–Crippen MR) is 40.8 cm³/mol. The Morgan fingerprint density at radius 2 is 2.40 bits per heavy atom. The van der Waals surface area contributed by atoms with Gasteiger partial charge in [-0.2, -0.15) is 0 Å². The third-order valence-electron chi connectivity index (χ3n) is 1.07. The first kappa shape index (κ1) is 8.95. The minimum absolute atomic E-state index is 0.0931. The SMILES string of the molecule is C=C/C=C/C(C)CC(=O)O. The van der Waals surface area contributed by atoms with Crippen LogP contribution in [0.5, 0.6) is 0 Å². The fraction of sp³-hybridized carbons (Fsp3) is 0.375. The summed E-state index contributed by atoms with van der Waals surface area (Å²) < 4.78 is 0. The van der Waals surface area contributed by atoms with Crippen LogP contribution in [0.2, 0.25) is 0 Å². The minimum atomic E-state index is -0.763. The first-order chi connectivity index (χ1) is 4.66. The van der Waals surface area contributed by atoms with Gasteiger partial charge in [0, 0.05) is 0 Å². The maximum absolute atomic E-state index is 10.1. The summed E-state index contributed by atoms with van der Waals surface area (Å²) in [4.78, 5) is 10.1. The zero-order valence-electron chi connectivity index (χ0n) is 6.08. The number of aliphatic carboxylic acids is 1. The highest BCUT2D eigenvalue weighted by molar-refractivity contribution is 5.67. The van der Waals surface area contributed by atoms with E-state index in [-0.39, 0.29) is 12.3 Å². The normalized spacial score (nSPS) is 13.3. The topological polar surface area (TPSA) is 37.3 Å². The van der Waals surface area contributed by atoms with Crippen LogP contribution in [0.1, 0.15) is 13.3 Å². The lowest BCUT2D eigenvalue weighted by Gasteiger charge is -1.98. The smallest absolute Gasteiger partial charge is 0.303 e. The van der Waals surface area contributed by atoms with Gasteiger partial charge in [-0.05, 0) is 5.92 Å². The molecule has 0 saturated carbocycles. The number of hydrogen-bond acceptors (Lipinski definition) is 1. The molecule has 56 valence electrons. The van der Waals surface area contributed by atoms with Crippen molar-refractivity contribution in [1.82, 2.24) is 0 Å². The second kappa shape index (κ2) is 4.79. The molecular weight excluding hydrogens is 128 g/mol. The summed E-state index contributed by atoms with van der Waals surface area (Å²) in [5, 5.41) is 8.32. The molecule has 0 bridgehead atoms. The van der Waals surface area contributed by atoms with Crippen molar-refractivity contribution in [3.8, 4) is 0 Å². The van der Waals surface area contributed by atoms with Gasteiger partial charge in [-0.15, -0.1) is 0 Å². The van der Waals surface area contributed by atoms with Crippen LogP contribution in [0.15, 0.2) is 24.8 Å². The summed E-state index contributed by atoms with van der Waals surface area (Å²) in [5.41, 5.74) is 0. The fourth-order valence-corrected chi connectivity index (χ4v) is 0.612. The molecule has 10 heavy (non-hydrogen) atoms. The third-order valence-corrected chi connectivity index (χ3v) is 1.07. The predicted octanol–water partition coefficient (Wildman–Crippen LogP) is 1.84. The Balaban J connectivity index is 3.62. The van der Waals surface area contributed by atoms with Crippen LogP contribution in [0, 0.1) is 5.92 Å². The van der Waals surface area contributed by atoms with Crippen molar-refractivity contribution in [2.45, 2.75) is 13.3 Å². The van der Waals surface area contributed by atoms with Gasteiger partial charge in [-0.1, -0.05) is 31.7 Å². The van der Waals surface area contributed by atoms with E-state index >= 15 is 0 Å². The van der Waals surface area contributed by atoms with E-state index in [1.807, 2.05) is 13.0 Å². The quantitative estimate of drug-likeness (QED) is 0.605. The first-order valence-electron chi connectivity index (χ1n) is 3.18. The van der Waals surface area contributed by atoms with E-state index in [2.05, 4.69) is 6.58 Å². The van der Waals surface area contributed by atoms with Crippen LogP contribution < -0.4 is 0 Å². The zero-order chi connectivity index (χ0) is 7.98. The van der Waals surface area contributed by atoms with Crippen LogP contribution in [0.25, 0.3) is 0 Å². The molecular formula is C8H12O2. The van der Waals surface area contributed by atoms with Gasteiger partial charge in [0.25, 0.3) is 0 Å². The average molecular weight is 140 g/mol. The maximum Gasteiger partial charge on any atom is 0.303 e. The molecule has 1 unspecified atom stereocenters. The monoisotopic (exact) mass is 140 g/mol. The van der Waals surface area contributed by atoms with E-state index in [1.54, 1.807) is 12.2 Å². The number of carboxylic acids is 1. The lowest BCUT2D eigenvalue weighted by molar-refractivity contribution is -0.137. The van der Waals surface area contributed by atoms with Gasteiger partial charge in [0.05, 0.1) is 6.42 Å². The number of carbonyl (C=O) groups is 1. The van der Waals surface area contributed by atoms with Crippen molar-refractivity contribution < 1.29 is 9.90 Å². The van der Waals surface area contributed by atoms with Gasteiger partial charge in [0.1, 0.15) is 0 Å². The second-order valence-electron chi connectivity index (χ2n) is 2.20. The van der Waals surface area contributed by atoms with Gasteiger partial charge >= 0.3 is 5.97 Å². The molecule has 0 rings (SSSR count). The molecule has 0 aromatic carbocycles. The van der Waals surface area contributed by atoms with Crippen LogP contribution in [0.4, 0.5) is 0 Å². The molecule has 0 aromatic heterocycles. The second-order valence-corrected chi connectivity index (χ2v) is 2.20. The summed E-state index contributed by atoms with van der Waals surface area (Å²) in [7, 11) is 0. The Hall–Kier alpha value is -1.05. The Kier molecular flexibility index (Phi) is 4.29. The molecule has 0 fully saturated rings. The molecule has 0 aliphatic carbocycles. The lowest BCUT2D eigenvalue weighted by Crippen LogP contribution is -2.00. The van der Waals surface area contributed by atoms with E-state index in [4.69, 9.17) is 5.11 Å². The molecule has 0 aromatic rings. The third kappa shape index (κ3) is 5.09. The van der Waals surface area contributed by atoms with Crippen LogP contribution >= 0.6 is 0 Å². The summed E-state index contributed by atoms with van der Waals surface area (Å²) in [6, 6.07) is 0. The van der Waals surface area contributed by atoms with Gasteiger partial charge in [-0.25, -0.2) is 0 Å². The number of carboxylic acid groups (broad SMARTS) is 1. The molecule has 2 nitrogen and oxygen atoms in total. The molecule has 0 radical (unpaired) electrons. The average Bonchev–Trinajstić information content (AvgIpc) is 1.82. The highest BCUT2D eigenvalue weighted by Crippen LogP contribution is 2.02. The summed E-state index contributed by atoms with van der Waals surface area (Å²) in [6.07, 6.45) is 5.40. The molecule has 1 N–H and O–H groups in total. The van der Waals surface area contributed by atoms with E-state index in [9.17, 15) is 4.79 Å². The van der Waals surface area contributed by atoms with E-state index in [0.29, 0.717) is 0 Å². The van der Waals surface area contributed by atoms with Crippen LogP contribution in [-0.2, 0) is 4.79 Å². The van der Waals surface area contributed by atoms with Crippen molar-refractivity contribution in [3.05, 3.63) is 24.8 Å². The highest BCUT2D eigenvalue weighted by atomic mass is 16.4. The lowest BCUT2D eigenvalue weighted by atomic mass is 10.1. The molecule has 0 spiro atoms. The summed E-state index contributed by atoms with van der Waals surface area (Å²) in [6.45, 7) is 5.33. The van der Waals surface area contributed by atoms with E-state index in [0.717, 1.165) is 0 Å². The van der Waals surface area contributed by atoms with Crippen LogP contribution in [-0.4, -0.2) is 11.1 Å². The van der Waals surface area contributed by atoms with Crippen molar-refractivity contribution in [2.24, 2.45) is 5.92 Å². The number of rotatable bonds is 4. The number of allylic oxidation sites excluding steroid dienone is 3. The largest absolute Gasteiger partial charge is 0.481 e. The zero-order valence-corrected chi connectivity index (χ0v) is 6.08. The minimum Gasteiger partial charge on any atom is -0.481 e. The molecule has 2 heteroatoms. The van der Waals surface area contributed by atoms with Crippen molar-refractivity contribution >= 4 is 5.97 Å². The Labute approximate surface area is 60.9 Å². The Morgan fingerprint density at radius 3 is 2.80 bits per heavy atom.